The van der Waals surface area contributed by atoms with Gasteiger partial charge >= 0.3 is 0 Å². The van der Waals surface area contributed by atoms with Crippen molar-refractivity contribution < 1.29 is 18.0 Å². The van der Waals surface area contributed by atoms with Gasteiger partial charge < -0.3 is 16.0 Å². The third kappa shape index (κ3) is 7.30. The second-order valence-electron chi connectivity index (χ2n) is 8.50. The van der Waals surface area contributed by atoms with E-state index in [0.717, 1.165) is 24.8 Å². The molecule has 4 N–H and O–H groups in total. The molecule has 0 aliphatic carbocycles. The summed E-state index contributed by atoms with van der Waals surface area (Å²) in [7, 11) is -3.81. The first kappa shape index (κ1) is 24.7. The van der Waals surface area contributed by atoms with Crippen LogP contribution in [0.25, 0.3) is 0 Å². The van der Waals surface area contributed by atoms with Crippen LogP contribution in [0.5, 0.6) is 0 Å². The molecule has 0 aromatic heterocycles. The van der Waals surface area contributed by atoms with Crippen LogP contribution in [0.2, 0.25) is 0 Å². The lowest BCUT2D eigenvalue weighted by atomic mass is 10.1. The standard InChI is InChI=1S/C24H32N4O4S/c1-17(2)28-33(31,32)21-15-19(23(29)27-22-10-6-7-12-26-24(22)30)14-20(16-21)25-13-11-18-8-4-3-5-9-18/h3-5,8-9,14-17,22,25,28H,6-7,10-13H2,1-2H3,(H,26,30)(H,27,29)/t22-/m0/s1. The highest BCUT2D eigenvalue weighted by Gasteiger charge is 2.24. The molecular formula is C24H32N4O4S. The van der Waals surface area contributed by atoms with Crippen LogP contribution in [0.15, 0.2) is 53.4 Å². The van der Waals surface area contributed by atoms with E-state index in [1.807, 2.05) is 30.3 Å². The summed E-state index contributed by atoms with van der Waals surface area (Å²) in [6.45, 7) is 4.63. The van der Waals surface area contributed by atoms with Gasteiger partial charge in [-0.1, -0.05) is 30.3 Å². The molecule has 1 heterocycles. The van der Waals surface area contributed by atoms with Gasteiger partial charge in [0.25, 0.3) is 5.91 Å². The number of hydrogen-bond acceptors (Lipinski definition) is 5. The molecule has 1 aliphatic rings. The monoisotopic (exact) mass is 472 g/mol. The van der Waals surface area contributed by atoms with E-state index >= 15 is 0 Å². The average molecular weight is 473 g/mol. The topological polar surface area (TPSA) is 116 Å². The molecule has 3 rings (SSSR count). The molecule has 178 valence electrons. The van der Waals surface area contributed by atoms with Gasteiger partial charge in [-0.2, -0.15) is 0 Å². The first-order chi connectivity index (χ1) is 15.7. The van der Waals surface area contributed by atoms with Gasteiger partial charge in [0.15, 0.2) is 0 Å². The molecule has 1 saturated heterocycles. The number of nitrogens with one attached hydrogen (secondary N) is 4. The number of amides is 2. The van der Waals surface area contributed by atoms with Crippen molar-refractivity contribution in [1.29, 1.82) is 0 Å². The number of sulfonamides is 1. The molecule has 0 radical (unpaired) electrons. The first-order valence-corrected chi connectivity index (χ1v) is 12.8. The van der Waals surface area contributed by atoms with Crippen molar-refractivity contribution in [2.75, 3.05) is 18.4 Å². The Kier molecular flexibility index (Phi) is 8.46. The lowest BCUT2D eigenvalue weighted by Gasteiger charge is -2.17. The molecular weight excluding hydrogens is 440 g/mol. The Morgan fingerprint density at radius 3 is 2.61 bits per heavy atom. The minimum Gasteiger partial charge on any atom is -0.385 e. The van der Waals surface area contributed by atoms with Crippen LogP contribution in [0.4, 0.5) is 5.69 Å². The summed E-state index contributed by atoms with van der Waals surface area (Å²) < 4.78 is 28.2. The summed E-state index contributed by atoms with van der Waals surface area (Å²) in [5, 5.41) is 8.78. The molecule has 2 aromatic rings. The first-order valence-electron chi connectivity index (χ1n) is 11.3. The highest BCUT2D eigenvalue weighted by Crippen LogP contribution is 2.20. The molecule has 0 bridgehead atoms. The van der Waals surface area contributed by atoms with E-state index in [1.165, 1.54) is 12.1 Å². The summed E-state index contributed by atoms with van der Waals surface area (Å²) in [5.41, 5.74) is 1.85. The van der Waals surface area contributed by atoms with Crippen LogP contribution in [-0.2, 0) is 21.2 Å². The summed E-state index contributed by atoms with van der Waals surface area (Å²) in [4.78, 5) is 25.2. The van der Waals surface area contributed by atoms with Crippen molar-refractivity contribution in [3.05, 3.63) is 59.7 Å². The van der Waals surface area contributed by atoms with Gasteiger partial charge in [-0.05, 0) is 63.3 Å². The summed E-state index contributed by atoms with van der Waals surface area (Å²) in [6.07, 6.45) is 2.98. The van der Waals surface area contributed by atoms with E-state index in [9.17, 15) is 18.0 Å². The summed E-state index contributed by atoms with van der Waals surface area (Å²) in [6, 6.07) is 13.5. The normalized spacial score (nSPS) is 16.7. The Morgan fingerprint density at radius 1 is 1.12 bits per heavy atom. The molecule has 1 aliphatic heterocycles. The van der Waals surface area contributed by atoms with Crippen molar-refractivity contribution in [2.45, 2.75) is 56.5 Å². The second kappa shape index (κ2) is 11.3. The molecule has 0 saturated carbocycles. The maximum Gasteiger partial charge on any atom is 0.252 e. The van der Waals surface area contributed by atoms with Crippen molar-refractivity contribution >= 4 is 27.5 Å². The Balaban J connectivity index is 1.82. The van der Waals surface area contributed by atoms with E-state index in [2.05, 4.69) is 20.7 Å². The largest absolute Gasteiger partial charge is 0.385 e. The van der Waals surface area contributed by atoms with E-state index in [0.29, 0.717) is 25.2 Å². The fraction of sp³-hybridized carbons (Fsp3) is 0.417. The quantitative estimate of drug-likeness (QED) is 0.447. The third-order valence-electron chi connectivity index (χ3n) is 5.30. The van der Waals surface area contributed by atoms with Crippen LogP contribution in [0, 0.1) is 0 Å². The van der Waals surface area contributed by atoms with E-state index in [4.69, 9.17) is 0 Å². The van der Waals surface area contributed by atoms with Crippen molar-refractivity contribution in [1.82, 2.24) is 15.4 Å². The smallest absolute Gasteiger partial charge is 0.252 e. The molecule has 33 heavy (non-hydrogen) atoms. The Morgan fingerprint density at radius 2 is 1.88 bits per heavy atom. The zero-order valence-corrected chi connectivity index (χ0v) is 19.9. The predicted molar refractivity (Wildman–Crippen MR) is 129 cm³/mol. The van der Waals surface area contributed by atoms with Gasteiger partial charge in [0.05, 0.1) is 4.90 Å². The van der Waals surface area contributed by atoms with E-state index < -0.39 is 22.0 Å². The molecule has 1 atom stereocenters. The van der Waals surface area contributed by atoms with Gasteiger partial charge in [0, 0.05) is 30.4 Å². The fourth-order valence-corrected chi connectivity index (χ4v) is 5.00. The number of rotatable bonds is 9. The molecule has 0 unspecified atom stereocenters. The zero-order valence-electron chi connectivity index (χ0n) is 19.1. The van der Waals surface area contributed by atoms with Gasteiger partial charge in [-0.15, -0.1) is 0 Å². The van der Waals surface area contributed by atoms with Crippen molar-refractivity contribution in [3.63, 3.8) is 0 Å². The number of carbonyl (C=O) groups excluding carboxylic acids is 2. The van der Waals surface area contributed by atoms with E-state index in [-0.39, 0.29) is 22.4 Å². The Hall–Kier alpha value is -2.91. The molecule has 2 amide bonds. The van der Waals surface area contributed by atoms with Crippen LogP contribution in [0.3, 0.4) is 0 Å². The SMILES string of the molecule is CC(C)NS(=O)(=O)c1cc(NCCc2ccccc2)cc(C(=O)N[C@H]2CCCCNC2=O)c1. The van der Waals surface area contributed by atoms with E-state index in [1.54, 1.807) is 19.9 Å². The van der Waals surface area contributed by atoms with Crippen molar-refractivity contribution in [2.24, 2.45) is 0 Å². The third-order valence-corrected chi connectivity index (χ3v) is 6.93. The number of carbonyl (C=O) groups is 2. The molecule has 8 nitrogen and oxygen atoms in total. The average Bonchev–Trinajstić information content (AvgIpc) is 2.97. The predicted octanol–water partition coefficient (Wildman–Crippen LogP) is 2.43. The minimum atomic E-state index is -3.81. The van der Waals surface area contributed by atoms with Crippen LogP contribution >= 0.6 is 0 Å². The van der Waals surface area contributed by atoms with Crippen LogP contribution in [0.1, 0.15) is 49.0 Å². The lowest BCUT2D eigenvalue weighted by Crippen LogP contribution is -2.45. The van der Waals surface area contributed by atoms with Crippen LogP contribution < -0.4 is 20.7 Å². The molecule has 1 fully saturated rings. The Labute approximate surface area is 195 Å². The zero-order chi connectivity index (χ0) is 23.8. The second-order valence-corrected chi connectivity index (χ2v) is 10.2. The number of anilines is 1. The van der Waals surface area contributed by atoms with Crippen molar-refractivity contribution in [3.8, 4) is 0 Å². The minimum absolute atomic E-state index is 0.00335. The molecule has 9 heteroatoms. The molecule has 2 aromatic carbocycles. The fourth-order valence-electron chi connectivity index (χ4n) is 3.68. The number of benzene rings is 2. The van der Waals surface area contributed by atoms with Gasteiger partial charge in [-0.3, -0.25) is 9.59 Å². The van der Waals surface area contributed by atoms with Gasteiger partial charge in [0.1, 0.15) is 6.04 Å². The summed E-state index contributed by atoms with van der Waals surface area (Å²) in [5.74, 6) is -0.697. The maximum atomic E-state index is 13.0. The van der Waals surface area contributed by atoms with Crippen LogP contribution in [-0.4, -0.2) is 45.4 Å². The summed E-state index contributed by atoms with van der Waals surface area (Å²) >= 11 is 0. The highest BCUT2D eigenvalue weighted by atomic mass is 32.2. The van der Waals surface area contributed by atoms with Gasteiger partial charge in [0.2, 0.25) is 15.9 Å². The van der Waals surface area contributed by atoms with Gasteiger partial charge in [-0.25, -0.2) is 13.1 Å². The maximum absolute atomic E-state index is 13.0. The number of hydrogen-bond donors (Lipinski definition) is 4. The Bertz CT molecular complexity index is 1070. The lowest BCUT2D eigenvalue weighted by molar-refractivity contribution is -0.122. The highest BCUT2D eigenvalue weighted by molar-refractivity contribution is 7.89. The molecule has 0 spiro atoms.